The summed E-state index contributed by atoms with van der Waals surface area (Å²) in [6, 6.07) is 0. The van der Waals surface area contributed by atoms with Crippen molar-refractivity contribution in [2.45, 2.75) is 24.9 Å². The Hall–Kier alpha value is 0.170. The van der Waals surface area contributed by atoms with E-state index >= 15 is 0 Å². The van der Waals surface area contributed by atoms with Gasteiger partial charge in [-0.1, -0.05) is 0 Å². The molecule has 0 aromatic rings. The fourth-order valence-electron chi connectivity index (χ4n) is 1.82. The van der Waals surface area contributed by atoms with Crippen molar-refractivity contribution in [3.05, 3.63) is 0 Å². The second-order valence-electron chi connectivity index (χ2n) is 4.12. The van der Waals surface area contributed by atoms with Gasteiger partial charge in [-0.15, -0.1) is 11.6 Å². The molecule has 1 fully saturated rings. The first-order chi connectivity index (χ1) is 6.66. The first-order valence-electron chi connectivity index (χ1n) is 5.21. The van der Waals surface area contributed by atoms with Gasteiger partial charge in [-0.05, 0) is 20.0 Å². The SMILES string of the molecule is CN(CCCCl)CC1(O)CCOCC1. The Bertz CT molecular complexity index is 160. The topological polar surface area (TPSA) is 32.7 Å². The Labute approximate surface area is 91.0 Å². The molecule has 84 valence electrons. The van der Waals surface area contributed by atoms with Gasteiger partial charge in [0.2, 0.25) is 0 Å². The Morgan fingerprint density at radius 3 is 2.64 bits per heavy atom. The minimum Gasteiger partial charge on any atom is -0.388 e. The Balaban J connectivity index is 2.25. The lowest BCUT2D eigenvalue weighted by atomic mass is 9.94. The third kappa shape index (κ3) is 4.13. The molecule has 4 heteroatoms. The Kier molecular flexibility index (Phi) is 5.17. The van der Waals surface area contributed by atoms with Gasteiger partial charge in [-0.2, -0.15) is 0 Å². The highest BCUT2D eigenvalue weighted by atomic mass is 35.5. The predicted octanol–water partition coefficient (Wildman–Crippen LogP) is 1.09. The number of halogens is 1. The van der Waals surface area contributed by atoms with E-state index in [9.17, 15) is 5.11 Å². The maximum atomic E-state index is 10.2. The molecule has 0 aliphatic carbocycles. The maximum Gasteiger partial charge on any atom is 0.0817 e. The molecule has 0 aromatic heterocycles. The van der Waals surface area contributed by atoms with Crippen molar-refractivity contribution in [1.82, 2.24) is 4.90 Å². The predicted molar refractivity (Wildman–Crippen MR) is 57.8 cm³/mol. The molecule has 0 atom stereocenters. The highest BCUT2D eigenvalue weighted by Crippen LogP contribution is 2.21. The van der Waals surface area contributed by atoms with Gasteiger partial charge in [0.05, 0.1) is 5.60 Å². The number of alkyl halides is 1. The first kappa shape index (κ1) is 12.2. The van der Waals surface area contributed by atoms with Crippen LogP contribution in [-0.2, 0) is 4.74 Å². The van der Waals surface area contributed by atoms with Gasteiger partial charge in [0.1, 0.15) is 0 Å². The number of hydrogen-bond donors (Lipinski definition) is 1. The van der Waals surface area contributed by atoms with Gasteiger partial charge in [-0.3, -0.25) is 0 Å². The van der Waals surface area contributed by atoms with Crippen molar-refractivity contribution in [2.24, 2.45) is 0 Å². The molecule has 0 aromatic carbocycles. The molecule has 1 N–H and O–H groups in total. The van der Waals surface area contributed by atoms with Gasteiger partial charge in [0, 0.05) is 38.5 Å². The van der Waals surface area contributed by atoms with Crippen LogP contribution in [0, 0.1) is 0 Å². The summed E-state index contributed by atoms with van der Waals surface area (Å²) in [5, 5.41) is 10.2. The smallest absolute Gasteiger partial charge is 0.0817 e. The Morgan fingerprint density at radius 2 is 2.07 bits per heavy atom. The molecule has 1 heterocycles. The summed E-state index contributed by atoms with van der Waals surface area (Å²) in [4.78, 5) is 2.15. The van der Waals surface area contributed by atoms with Crippen molar-refractivity contribution in [1.29, 1.82) is 0 Å². The minimum atomic E-state index is -0.542. The van der Waals surface area contributed by atoms with Gasteiger partial charge in [-0.25, -0.2) is 0 Å². The second kappa shape index (κ2) is 5.91. The van der Waals surface area contributed by atoms with E-state index in [4.69, 9.17) is 16.3 Å². The van der Waals surface area contributed by atoms with Crippen molar-refractivity contribution in [2.75, 3.05) is 39.2 Å². The van der Waals surface area contributed by atoms with Crippen molar-refractivity contribution in [3.8, 4) is 0 Å². The minimum absolute atomic E-state index is 0.542. The van der Waals surface area contributed by atoms with Crippen molar-refractivity contribution in [3.63, 3.8) is 0 Å². The second-order valence-corrected chi connectivity index (χ2v) is 4.49. The van der Waals surface area contributed by atoms with Crippen LogP contribution in [0.25, 0.3) is 0 Å². The Morgan fingerprint density at radius 1 is 1.43 bits per heavy atom. The maximum absolute atomic E-state index is 10.2. The van der Waals surface area contributed by atoms with E-state index in [-0.39, 0.29) is 0 Å². The van der Waals surface area contributed by atoms with Crippen LogP contribution in [0.1, 0.15) is 19.3 Å². The normalized spacial score (nSPS) is 21.4. The van der Waals surface area contributed by atoms with E-state index < -0.39 is 5.60 Å². The summed E-state index contributed by atoms with van der Waals surface area (Å²) in [5.41, 5.74) is -0.542. The average molecular weight is 222 g/mol. The molecule has 1 aliphatic rings. The highest BCUT2D eigenvalue weighted by Gasteiger charge is 2.30. The highest BCUT2D eigenvalue weighted by molar-refractivity contribution is 6.17. The molecule has 1 saturated heterocycles. The van der Waals surface area contributed by atoms with E-state index in [0.29, 0.717) is 19.1 Å². The van der Waals surface area contributed by atoms with Crippen LogP contribution >= 0.6 is 11.6 Å². The zero-order valence-corrected chi connectivity index (χ0v) is 9.59. The molecule has 0 amide bonds. The number of likely N-dealkylation sites (N-methyl/N-ethyl adjacent to an activating group) is 1. The fourth-order valence-corrected chi connectivity index (χ4v) is 1.94. The van der Waals surface area contributed by atoms with Crippen LogP contribution in [0.5, 0.6) is 0 Å². The molecule has 0 spiro atoms. The van der Waals surface area contributed by atoms with Crippen molar-refractivity contribution < 1.29 is 9.84 Å². The molecular formula is C10H20ClNO2. The zero-order valence-electron chi connectivity index (χ0n) is 8.84. The van der Waals surface area contributed by atoms with Crippen LogP contribution in [0.2, 0.25) is 0 Å². The van der Waals surface area contributed by atoms with E-state index in [0.717, 1.165) is 32.4 Å². The van der Waals surface area contributed by atoms with E-state index in [2.05, 4.69) is 4.90 Å². The van der Waals surface area contributed by atoms with Crippen molar-refractivity contribution >= 4 is 11.6 Å². The third-order valence-electron chi connectivity index (χ3n) is 2.66. The van der Waals surface area contributed by atoms with Crippen LogP contribution < -0.4 is 0 Å². The van der Waals surface area contributed by atoms with Crippen LogP contribution in [0.3, 0.4) is 0 Å². The quantitative estimate of drug-likeness (QED) is 0.706. The number of ether oxygens (including phenoxy) is 1. The molecule has 1 aliphatic heterocycles. The van der Waals surface area contributed by atoms with Crippen LogP contribution in [-0.4, -0.2) is 54.8 Å². The van der Waals surface area contributed by atoms with Gasteiger partial charge < -0.3 is 14.7 Å². The monoisotopic (exact) mass is 221 g/mol. The summed E-state index contributed by atoms with van der Waals surface area (Å²) < 4.78 is 5.23. The summed E-state index contributed by atoms with van der Waals surface area (Å²) >= 11 is 5.61. The lowest BCUT2D eigenvalue weighted by molar-refractivity contribution is -0.0767. The van der Waals surface area contributed by atoms with Crippen LogP contribution in [0.4, 0.5) is 0 Å². The van der Waals surface area contributed by atoms with E-state index in [1.165, 1.54) is 0 Å². The molecule has 3 nitrogen and oxygen atoms in total. The van der Waals surface area contributed by atoms with Gasteiger partial charge >= 0.3 is 0 Å². The summed E-state index contributed by atoms with van der Waals surface area (Å²) in [7, 11) is 2.03. The largest absolute Gasteiger partial charge is 0.388 e. The lowest BCUT2D eigenvalue weighted by Gasteiger charge is -2.35. The molecule has 0 saturated carbocycles. The average Bonchev–Trinajstić information content (AvgIpc) is 2.15. The molecule has 0 radical (unpaired) electrons. The zero-order chi connectivity index (χ0) is 10.4. The van der Waals surface area contributed by atoms with E-state index in [1.807, 2.05) is 7.05 Å². The number of aliphatic hydroxyl groups is 1. The number of nitrogens with zero attached hydrogens (tertiary/aromatic N) is 1. The fraction of sp³-hybridized carbons (Fsp3) is 1.00. The summed E-state index contributed by atoms with van der Waals surface area (Å²) in [6.07, 6.45) is 2.47. The molecular weight excluding hydrogens is 202 g/mol. The first-order valence-corrected chi connectivity index (χ1v) is 5.74. The van der Waals surface area contributed by atoms with Gasteiger partial charge in [0.15, 0.2) is 0 Å². The summed E-state index contributed by atoms with van der Waals surface area (Å²) in [5.74, 6) is 0.686. The standard InChI is InChI=1S/C10H20ClNO2/c1-12(6-2-5-11)9-10(13)3-7-14-8-4-10/h13H,2-9H2,1H3. The van der Waals surface area contributed by atoms with E-state index in [1.54, 1.807) is 0 Å². The molecule has 0 unspecified atom stereocenters. The number of hydrogen-bond acceptors (Lipinski definition) is 3. The summed E-state index contributed by atoms with van der Waals surface area (Å²) in [6.45, 7) is 3.04. The molecule has 14 heavy (non-hydrogen) atoms. The molecule has 0 bridgehead atoms. The molecule has 1 rings (SSSR count). The van der Waals surface area contributed by atoms with Crippen LogP contribution in [0.15, 0.2) is 0 Å². The van der Waals surface area contributed by atoms with Gasteiger partial charge in [0.25, 0.3) is 0 Å². The third-order valence-corrected chi connectivity index (χ3v) is 2.93. The number of rotatable bonds is 5. The lowest BCUT2D eigenvalue weighted by Crippen LogP contribution is -2.45.